The van der Waals surface area contributed by atoms with Crippen molar-refractivity contribution in [2.75, 3.05) is 39.8 Å². The van der Waals surface area contributed by atoms with Gasteiger partial charge in [0.1, 0.15) is 5.75 Å². The molecule has 1 fully saturated rings. The topological polar surface area (TPSA) is 61.9 Å². The maximum atomic E-state index is 13.1. The third kappa shape index (κ3) is 2.73. The van der Waals surface area contributed by atoms with E-state index in [1.807, 2.05) is 36.1 Å². The fourth-order valence-corrected chi connectivity index (χ4v) is 3.39. The van der Waals surface area contributed by atoms with Crippen LogP contribution in [0.15, 0.2) is 24.3 Å². The molecule has 3 amide bonds. The number of hydrogen-bond donors (Lipinski definition) is 1. The second kappa shape index (κ2) is 6.10. The van der Waals surface area contributed by atoms with E-state index in [0.29, 0.717) is 39.2 Å². The number of nitrogens with zero attached hydrogens (tertiary/aromatic N) is 2. The Bertz CT molecular complexity index is 611. The van der Waals surface area contributed by atoms with Crippen LogP contribution in [-0.4, -0.2) is 61.6 Å². The van der Waals surface area contributed by atoms with E-state index in [2.05, 4.69) is 5.32 Å². The summed E-state index contributed by atoms with van der Waals surface area (Å²) in [6.07, 6.45) is 0.679. The first-order chi connectivity index (χ1) is 11.1. The van der Waals surface area contributed by atoms with Crippen molar-refractivity contribution in [2.24, 2.45) is 0 Å². The average molecular weight is 317 g/mol. The summed E-state index contributed by atoms with van der Waals surface area (Å²) < 4.78 is 5.69. The molecule has 0 aliphatic carbocycles. The van der Waals surface area contributed by atoms with Gasteiger partial charge in [-0.25, -0.2) is 4.79 Å². The molecule has 0 radical (unpaired) electrons. The van der Waals surface area contributed by atoms with Crippen molar-refractivity contribution in [2.45, 2.75) is 18.8 Å². The van der Waals surface area contributed by atoms with Crippen molar-refractivity contribution >= 4 is 11.9 Å². The van der Waals surface area contributed by atoms with Gasteiger partial charge in [-0.15, -0.1) is 0 Å². The standard InChI is InChI=1S/C17H23N3O3/c1-17(7-12-23-14-6-4-3-5-13(14)17)15(21)19-8-10-20(11-9-19)16(22)18-2/h3-6H,7-12H2,1-2H3,(H,18,22). The van der Waals surface area contributed by atoms with Gasteiger partial charge in [0.2, 0.25) is 5.91 Å². The Morgan fingerprint density at radius 3 is 2.48 bits per heavy atom. The number of amides is 3. The van der Waals surface area contributed by atoms with Crippen LogP contribution in [0.3, 0.4) is 0 Å². The zero-order valence-electron chi connectivity index (χ0n) is 13.7. The van der Waals surface area contributed by atoms with Crippen LogP contribution in [0.5, 0.6) is 5.75 Å². The molecule has 0 saturated carbocycles. The number of benzene rings is 1. The molecule has 6 nitrogen and oxygen atoms in total. The molecule has 1 aromatic carbocycles. The van der Waals surface area contributed by atoms with Gasteiger partial charge in [-0.05, 0) is 19.4 Å². The van der Waals surface area contributed by atoms with Crippen LogP contribution in [0.4, 0.5) is 4.79 Å². The van der Waals surface area contributed by atoms with Gasteiger partial charge in [-0.1, -0.05) is 18.2 Å². The molecule has 23 heavy (non-hydrogen) atoms. The highest BCUT2D eigenvalue weighted by molar-refractivity contribution is 5.89. The summed E-state index contributed by atoms with van der Waals surface area (Å²) in [5.41, 5.74) is 0.411. The lowest BCUT2D eigenvalue weighted by atomic mass is 9.76. The minimum absolute atomic E-state index is 0.0836. The van der Waals surface area contributed by atoms with E-state index in [1.54, 1.807) is 11.9 Å². The smallest absolute Gasteiger partial charge is 0.317 e. The van der Waals surface area contributed by atoms with Crippen LogP contribution < -0.4 is 10.1 Å². The van der Waals surface area contributed by atoms with Gasteiger partial charge >= 0.3 is 6.03 Å². The molecule has 0 aromatic heterocycles. The molecule has 1 unspecified atom stereocenters. The Balaban J connectivity index is 1.76. The zero-order chi connectivity index (χ0) is 16.4. The monoisotopic (exact) mass is 317 g/mol. The second-order valence-electron chi connectivity index (χ2n) is 6.26. The Morgan fingerprint density at radius 2 is 1.78 bits per heavy atom. The van der Waals surface area contributed by atoms with E-state index < -0.39 is 5.41 Å². The summed E-state index contributed by atoms with van der Waals surface area (Å²) in [5, 5.41) is 2.63. The van der Waals surface area contributed by atoms with Gasteiger partial charge in [0.05, 0.1) is 12.0 Å². The van der Waals surface area contributed by atoms with E-state index in [9.17, 15) is 9.59 Å². The average Bonchev–Trinajstić information content (AvgIpc) is 2.61. The summed E-state index contributed by atoms with van der Waals surface area (Å²) in [6.45, 7) is 4.84. The Morgan fingerprint density at radius 1 is 1.13 bits per heavy atom. The minimum Gasteiger partial charge on any atom is -0.493 e. The highest BCUT2D eigenvalue weighted by Gasteiger charge is 2.43. The number of carbonyl (C=O) groups excluding carboxylic acids is 2. The first-order valence-electron chi connectivity index (χ1n) is 8.04. The summed E-state index contributed by atoms with van der Waals surface area (Å²) in [5.74, 6) is 0.934. The van der Waals surface area contributed by atoms with Crippen molar-refractivity contribution in [1.82, 2.24) is 15.1 Å². The van der Waals surface area contributed by atoms with Crippen LogP contribution in [0.1, 0.15) is 18.9 Å². The largest absolute Gasteiger partial charge is 0.493 e. The lowest BCUT2D eigenvalue weighted by Gasteiger charge is -2.41. The summed E-state index contributed by atoms with van der Waals surface area (Å²) in [4.78, 5) is 28.4. The zero-order valence-corrected chi connectivity index (χ0v) is 13.7. The van der Waals surface area contributed by atoms with Crippen LogP contribution >= 0.6 is 0 Å². The van der Waals surface area contributed by atoms with E-state index in [-0.39, 0.29) is 11.9 Å². The van der Waals surface area contributed by atoms with Crippen molar-refractivity contribution in [3.05, 3.63) is 29.8 Å². The van der Waals surface area contributed by atoms with Gasteiger partial charge in [-0.2, -0.15) is 0 Å². The highest BCUT2D eigenvalue weighted by atomic mass is 16.5. The molecule has 2 heterocycles. The Kier molecular flexibility index (Phi) is 4.15. The number of fused-ring (bicyclic) bond motifs is 1. The highest BCUT2D eigenvalue weighted by Crippen LogP contribution is 2.39. The number of hydrogen-bond acceptors (Lipinski definition) is 3. The molecule has 124 valence electrons. The number of para-hydroxylation sites is 1. The first kappa shape index (κ1) is 15.6. The number of ether oxygens (including phenoxy) is 1. The molecular formula is C17H23N3O3. The number of piperazine rings is 1. The minimum atomic E-state index is -0.552. The molecule has 6 heteroatoms. The number of urea groups is 1. The summed E-state index contributed by atoms with van der Waals surface area (Å²) >= 11 is 0. The number of carbonyl (C=O) groups is 2. The van der Waals surface area contributed by atoms with Crippen molar-refractivity contribution in [3.8, 4) is 5.75 Å². The molecule has 2 aliphatic rings. The molecular weight excluding hydrogens is 294 g/mol. The molecule has 2 aliphatic heterocycles. The predicted octanol–water partition coefficient (Wildman–Crippen LogP) is 1.21. The predicted molar refractivity (Wildman–Crippen MR) is 86.5 cm³/mol. The van der Waals surface area contributed by atoms with Crippen molar-refractivity contribution < 1.29 is 14.3 Å². The third-order valence-electron chi connectivity index (χ3n) is 4.88. The quantitative estimate of drug-likeness (QED) is 0.847. The molecule has 1 N–H and O–H groups in total. The Hall–Kier alpha value is -2.24. The molecule has 1 aromatic rings. The fraction of sp³-hybridized carbons (Fsp3) is 0.529. The maximum absolute atomic E-state index is 13.1. The van der Waals surface area contributed by atoms with Gasteiger partial charge in [0.25, 0.3) is 0 Å². The number of nitrogens with one attached hydrogen (secondary N) is 1. The second-order valence-corrected chi connectivity index (χ2v) is 6.26. The lowest BCUT2D eigenvalue weighted by molar-refractivity contribution is -0.139. The number of rotatable bonds is 1. The Labute approximate surface area is 136 Å². The van der Waals surface area contributed by atoms with Gasteiger partial charge in [0, 0.05) is 38.8 Å². The first-order valence-corrected chi connectivity index (χ1v) is 8.04. The lowest BCUT2D eigenvalue weighted by Crippen LogP contribution is -2.56. The van der Waals surface area contributed by atoms with E-state index in [4.69, 9.17) is 4.74 Å². The SMILES string of the molecule is CNC(=O)N1CCN(C(=O)C2(C)CCOc3ccccc32)CC1. The van der Waals surface area contributed by atoms with Gasteiger partial charge < -0.3 is 19.9 Å². The maximum Gasteiger partial charge on any atom is 0.317 e. The fourth-order valence-electron chi connectivity index (χ4n) is 3.39. The van der Waals surface area contributed by atoms with Crippen molar-refractivity contribution in [3.63, 3.8) is 0 Å². The summed E-state index contributed by atoms with van der Waals surface area (Å²) in [7, 11) is 1.62. The van der Waals surface area contributed by atoms with Crippen LogP contribution in [0.25, 0.3) is 0 Å². The summed E-state index contributed by atoms with van der Waals surface area (Å²) in [6, 6.07) is 7.69. The van der Waals surface area contributed by atoms with Crippen LogP contribution in [0, 0.1) is 0 Å². The van der Waals surface area contributed by atoms with Gasteiger partial charge in [-0.3, -0.25) is 4.79 Å². The van der Waals surface area contributed by atoms with E-state index in [0.717, 1.165) is 11.3 Å². The molecule has 3 rings (SSSR count). The molecule has 1 saturated heterocycles. The van der Waals surface area contributed by atoms with Crippen LogP contribution in [-0.2, 0) is 10.2 Å². The third-order valence-corrected chi connectivity index (χ3v) is 4.88. The van der Waals surface area contributed by atoms with Gasteiger partial charge in [0.15, 0.2) is 0 Å². The van der Waals surface area contributed by atoms with Crippen LogP contribution in [0.2, 0.25) is 0 Å². The normalized spacial score (nSPS) is 23.7. The molecule has 1 atom stereocenters. The molecule has 0 bridgehead atoms. The van der Waals surface area contributed by atoms with Crippen molar-refractivity contribution in [1.29, 1.82) is 0 Å². The van der Waals surface area contributed by atoms with E-state index in [1.165, 1.54) is 0 Å². The van der Waals surface area contributed by atoms with E-state index >= 15 is 0 Å². The molecule has 0 spiro atoms.